The number of anilines is 1. The molecule has 2 aromatic rings. The Morgan fingerprint density at radius 2 is 1.80 bits per heavy atom. The van der Waals surface area contributed by atoms with Crippen molar-refractivity contribution >= 4 is 5.95 Å². The van der Waals surface area contributed by atoms with Crippen LogP contribution in [-0.2, 0) is 0 Å². The first kappa shape index (κ1) is 14.3. The molecule has 0 aliphatic rings. The van der Waals surface area contributed by atoms with Crippen molar-refractivity contribution in [1.82, 2.24) is 14.9 Å². The van der Waals surface area contributed by atoms with Gasteiger partial charge in [0.25, 0.3) is 0 Å². The first-order chi connectivity index (χ1) is 9.51. The summed E-state index contributed by atoms with van der Waals surface area (Å²) in [5.41, 5.74) is 8.69. The third kappa shape index (κ3) is 3.05. The Morgan fingerprint density at radius 1 is 1.15 bits per heavy atom. The Kier molecular flexibility index (Phi) is 4.20. The van der Waals surface area contributed by atoms with Crippen LogP contribution in [0.15, 0.2) is 30.3 Å². The SMILES string of the molecule is COc1cc(-c2ccc(C(C)N(C)C)cc2)nc(N)n1. The topological polar surface area (TPSA) is 64.3 Å². The van der Waals surface area contributed by atoms with Gasteiger partial charge in [0.2, 0.25) is 11.8 Å². The van der Waals surface area contributed by atoms with Crippen LogP contribution in [0.4, 0.5) is 5.95 Å². The number of hydrogen-bond donors (Lipinski definition) is 1. The lowest BCUT2D eigenvalue weighted by molar-refractivity contribution is 0.321. The summed E-state index contributed by atoms with van der Waals surface area (Å²) >= 11 is 0. The third-order valence-corrected chi connectivity index (χ3v) is 3.39. The molecule has 20 heavy (non-hydrogen) atoms. The van der Waals surface area contributed by atoms with Gasteiger partial charge in [-0.3, -0.25) is 0 Å². The number of ether oxygens (including phenoxy) is 1. The Balaban J connectivity index is 2.32. The lowest BCUT2D eigenvalue weighted by Gasteiger charge is -2.20. The molecule has 0 amide bonds. The number of nitrogen functional groups attached to an aromatic ring is 1. The number of aromatic nitrogens is 2. The molecule has 0 aliphatic carbocycles. The molecule has 1 aromatic carbocycles. The quantitative estimate of drug-likeness (QED) is 0.925. The van der Waals surface area contributed by atoms with Crippen molar-refractivity contribution in [2.45, 2.75) is 13.0 Å². The molecule has 0 bridgehead atoms. The lowest BCUT2D eigenvalue weighted by Crippen LogP contribution is -2.16. The molecular formula is C15H20N4O. The van der Waals surface area contributed by atoms with Gasteiger partial charge in [0.05, 0.1) is 12.8 Å². The lowest BCUT2D eigenvalue weighted by atomic mass is 10.0. The van der Waals surface area contributed by atoms with Gasteiger partial charge in [0.15, 0.2) is 0 Å². The molecule has 2 rings (SSSR count). The second-order valence-electron chi connectivity index (χ2n) is 4.92. The molecular weight excluding hydrogens is 252 g/mol. The monoisotopic (exact) mass is 272 g/mol. The van der Waals surface area contributed by atoms with E-state index < -0.39 is 0 Å². The molecule has 2 N–H and O–H groups in total. The molecule has 106 valence electrons. The molecule has 0 radical (unpaired) electrons. The molecule has 1 aromatic heterocycles. The van der Waals surface area contributed by atoms with Gasteiger partial charge in [0, 0.05) is 17.7 Å². The highest BCUT2D eigenvalue weighted by atomic mass is 16.5. The van der Waals surface area contributed by atoms with Crippen LogP contribution >= 0.6 is 0 Å². The molecule has 0 aliphatic heterocycles. The minimum atomic E-state index is 0.213. The number of hydrogen-bond acceptors (Lipinski definition) is 5. The van der Waals surface area contributed by atoms with Crippen LogP contribution in [0.25, 0.3) is 11.3 Å². The van der Waals surface area contributed by atoms with E-state index >= 15 is 0 Å². The van der Waals surface area contributed by atoms with Gasteiger partial charge in [-0.2, -0.15) is 4.98 Å². The summed E-state index contributed by atoms with van der Waals surface area (Å²) in [7, 11) is 5.69. The summed E-state index contributed by atoms with van der Waals surface area (Å²) in [5, 5.41) is 0. The van der Waals surface area contributed by atoms with E-state index in [4.69, 9.17) is 10.5 Å². The molecule has 1 atom stereocenters. The highest BCUT2D eigenvalue weighted by molar-refractivity contribution is 5.61. The van der Waals surface area contributed by atoms with Gasteiger partial charge in [-0.1, -0.05) is 24.3 Å². The number of rotatable bonds is 4. The Labute approximate surface area is 119 Å². The number of nitrogens with zero attached hydrogens (tertiary/aromatic N) is 3. The van der Waals surface area contributed by atoms with Gasteiger partial charge in [0.1, 0.15) is 0 Å². The second kappa shape index (κ2) is 5.88. The van der Waals surface area contributed by atoms with Crippen molar-refractivity contribution in [3.63, 3.8) is 0 Å². The minimum Gasteiger partial charge on any atom is -0.481 e. The van der Waals surface area contributed by atoms with Crippen molar-refractivity contribution in [3.8, 4) is 17.1 Å². The average molecular weight is 272 g/mol. The fourth-order valence-corrected chi connectivity index (χ4v) is 1.93. The molecule has 0 spiro atoms. The highest BCUT2D eigenvalue weighted by Crippen LogP contribution is 2.24. The Hall–Kier alpha value is -2.14. The molecule has 5 nitrogen and oxygen atoms in total. The van der Waals surface area contributed by atoms with E-state index in [0.29, 0.717) is 11.9 Å². The standard InChI is InChI=1S/C15H20N4O/c1-10(19(2)3)11-5-7-12(8-6-11)13-9-14(20-4)18-15(16)17-13/h5-10H,1-4H3,(H2,16,17,18). The normalized spacial score (nSPS) is 12.4. The van der Waals surface area contributed by atoms with E-state index in [2.05, 4.69) is 48.0 Å². The smallest absolute Gasteiger partial charge is 0.223 e. The van der Waals surface area contributed by atoms with Crippen LogP contribution in [0.5, 0.6) is 5.88 Å². The van der Waals surface area contributed by atoms with Crippen LogP contribution in [0.1, 0.15) is 18.5 Å². The maximum Gasteiger partial charge on any atom is 0.223 e. The van der Waals surface area contributed by atoms with E-state index in [9.17, 15) is 0 Å². The summed E-state index contributed by atoms with van der Waals surface area (Å²) in [4.78, 5) is 10.4. The zero-order valence-electron chi connectivity index (χ0n) is 12.3. The second-order valence-corrected chi connectivity index (χ2v) is 4.92. The van der Waals surface area contributed by atoms with Gasteiger partial charge in [-0.15, -0.1) is 0 Å². The zero-order valence-corrected chi connectivity index (χ0v) is 12.3. The fourth-order valence-electron chi connectivity index (χ4n) is 1.93. The number of nitrogens with two attached hydrogens (primary N) is 1. The summed E-state index contributed by atoms with van der Waals surface area (Å²) < 4.78 is 5.11. The van der Waals surface area contributed by atoms with Crippen molar-refractivity contribution < 1.29 is 4.74 Å². The van der Waals surface area contributed by atoms with Crippen LogP contribution < -0.4 is 10.5 Å². The van der Waals surface area contributed by atoms with Gasteiger partial charge in [-0.05, 0) is 26.6 Å². The first-order valence-corrected chi connectivity index (χ1v) is 6.46. The largest absolute Gasteiger partial charge is 0.481 e. The van der Waals surface area contributed by atoms with Crippen molar-refractivity contribution in [2.24, 2.45) is 0 Å². The van der Waals surface area contributed by atoms with E-state index in [1.54, 1.807) is 13.2 Å². The maximum atomic E-state index is 5.68. The molecule has 1 unspecified atom stereocenters. The average Bonchev–Trinajstić information content (AvgIpc) is 2.45. The molecule has 0 saturated heterocycles. The first-order valence-electron chi connectivity index (χ1n) is 6.46. The van der Waals surface area contributed by atoms with Crippen molar-refractivity contribution in [2.75, 3.05) is 26.9 Å². The van der Waals surface area contributed by atoms with Gasteiger partial charge >= 0.3 is 0 Å². The molecule has 1 heterocycles. The van der Waals surface area contributed by atoms with Crippen molar-refractivity contribution in [1.29, 1.82) is 0 Å². The van der Waals surface area contributed by atoms with E-state index in [1.807, 2.05) is 12.1 Å². The summed E-state index contributed by atoms with van der Waals surface area (Å²) in [6, 6.07) is 10.4. The minimum absolute atomic E-state index is 0.213. The van der Waals surface area contributed by atoms with Crippen LogP contribution in [-0.4, -0.2) is 36.1 Å². The highest BCUT2D eigenvalue weighted by Gasteiger charge is 2.09. The van der Waals surface area contributed by atoms with Crippen LogP contribution in [0.2, 0.25) is 0 Å². The zero-order chi connectivity index (χ0) is 14.7. The molecule has 0 fully saturated rings. The maximum absolute atomic E-state index is 5.68. The van der Waals surface area contributed by atoms with E-state index in [1.165, 1.54) is 5.56 Å². The Bertz CT molecular complexity index is 581. The summed E-state index contributed by atoms with van der Waals surface area (Å²) in [6.45, 7) is 2.17. The predicted octanol–water partition coefficient (Wildman–Crippen LogP) is 2.36. The van der Waals surface area contributed by atoms with E-state index in [0.717, 1.165) is 11.3 Å². The van der Waals surface area contributed by atoms with Crippen LogP contribution in [0, 0.1) is 0 Å². The predicted molar refractivity (Wildman–Crippen MR) is 80.5 cm³/mol. The molecule has 5 heteroatoms. The Morgan fingerprint density at radius 3 is 2.35 bits per heavy atom. The third-order valence-electron chi connectivity index (χ3n) is 3.39. The summed E-state index contributed by atoms with van der Waals surface area (Å²) in [6.07, 6.45) is 0. The van der Waals surface area contributed by atoms with Gasteiger partial charge in [-0.25, -0.2) is 4.98 Å². The van der Waals surface area contributed by atoms with Crippen LogP contribution in [0.3, 0.4) is 0 Å². The van der Waals surface area contributed by atoms with E-state index in [-0.39, 0.29) is 5.95 Å². The molecule has 0 saturated carbocycles. The van der Waals surface area contributed by atoms with Crippen molar-refractivity contribution in [3.05, 3.63) is 35.9 Å². The number of benzene rings is 1. The fraction of sp³-hybridized carbons (Fsp3) is 0.333. The number of methoxy groups -OCH3 is 1. The van der Waals surface area contributed by atoms with Gasteiger partial charge < -0.3 is 15.4 Å². The summed E-state index contributed by atoms with van der Waals surface area (Å²) in [5.74, 6) is 0.684.